The van der Waals surface area contributed by atoms with Crippen molar-refractivity contribution in [2.45, 2.75) is 11.8 Å². The molecule has 0 amide bonds. The average Bonchev–Trinajstić information content (AvgIpc) is 2.26. The Hall–Kier alpha value is -1.20. The quantitative estimate of drug-likeness (QED) is 0.237. The minimum atomic E-state index is 0.108. The van der Waals surface area contributed by atoms with Gasteiger partial charge in [0.15, 0.2) is 5.84 Å². The van der Waals surface area contributed by atoms with Gasteiger partial charge in [0.25, 0.3) is 0 Å². The van der Waals surface area contributed by atoms with Gasteiger partial charge in [-0.2, -0.15) is 0 Å². The maximum atomic E-state index is 8.71. The van der Waals surface area contributed by atoms with Crippen molar-refractivity contribution in [2.24, 2.45) is 10.9 Å². The monoisotopic (exact) mass is 226 g/mol. The molecule has 0 aliphatic carbocycles. The maximum Gasteiger partial charge on any atom is 0.170 e. The molecule has 0 heterocycles. The van der Waals surface area contributed by atoms with Gasteiger partial charge in [-0.3, -0.25) is 0 Å². The largest absolute Gasteiger partial charge is 0.409 e. The first kappa shape index (κ1) is 11.9. The molecule has 0 unspecified atom stereocenters. The van der Waals surface area contributed by atoms with E-state index in [2.05, 4.69) is 5.16 Å². The van der Waals surface area contributed by atoms with Crippen LogP contribution in [0.2, 0.25) is 0 Å². The van der Waals surface area contributed by atoms with E-state index in [4.69, 9.17) is 16.0 Å². The van der Waals surface area contributed by atoms with Crippen molar-refractivity contribution in [3.8, 4) is 0 Å². The molecule has 0 radical (unpaired) electrons. The van der Waals surface area contributed by atoms with Crippen molar-refractivity contribution in [3.63, 3.8) is 0 Å². The molecule has 4 nitrogen and oxygen atoms in total. The SMILES string of the molecule is Cc1cc(/C(N)=N/O)ccc1SCCO. The molecule has 0 aliphatic rings. The topological polar surface area (TPSA) is 78.8 Å². The van der Waals surface area contributed by atoms with Crippen LogP contribution in [0.4, 0.5) is 0 Å². The van der Waals surface area contributed by atoms with Crippen LogP contribution < -0.4 is 5.73 Å². The van der Waals surface area contributed by atoms with Crippen LogP contribution in [0.25, 0.3) is 0 Å². The van der Waals surface area contributed by atoms with E-state index in [-0.39, 0.29) is 12.4 Å². The van der Waals surface area contributed by atoms with E-state index in [1.807, 2.05) is 19.1 Å². The Morgan fingerprint density at radius 1 is 1.53 bits per heavy atom. The first-order chi connectivity index (χ1) is 7.19. The highest BCUT2D eigenvalue weighted by Crippen LogP contribution is 2.22. The molecule has 1 aromatic carbocycles. The van der Waals surface area contributed by atoms with Crippen LogP contribution in [0.3, 0.4) is 0 Å². The number of amidine groups is 1. The highest BCUT2D eigenvalue weighted by atomic mass is 32.2. The Kier molecular flexibility index (Phi) is 4.45. The van der Waals surface area contributed by atoms with E-state index in [1.54, 1.807) is 17.8 Å². The van der Waals surface area contributed by atoms with Crippen LogP contribution in [-0.2, 0) is 0 Å². The Balaban J connectivity index is 2.88. The number of thioether (sulfide) groups is 1. The molecule has 0 aliphatic heterocycles. The van der Waals surface area contributed by atoms with Crippen molar-refractivity contribution in [1.29, 1.82) is 0 Å². The zero-order chi connectivity index (χ0) is 11.3. The van der Waals surface area contributed by atoms with Crippen LogP contribution >= 0.6 is 11.8 Å². The van der Waals surface area contributed by atoms with Crippen LogP contribution in [0, 0.1) is 6.92 Å². The number of hydrogen-bond acceptors (Lipinski definition) is 4. The Morgan fingerprint density at radius 2 is 2.27 bits per heavy atom. The van der Waals surface area contributed by atoms with Crippen molar-refractivity contribution < 1.29 is 10.3 Å². The molecule has 0 atom stereocenters. The van der Waals surface area contributed by atoms with Gasteiger partial charge in [0.1, 0.15) is 0 Å². The fourth-order valence-electron chi connectivity index (χ4n) is 1.18. The predicted molar refractivity (Wildman–Crippen MR) is 61.5 cm³/mol. The first-order valence-corrected chi connectivity index (χ1v) is 5.49. The molecule has 0 fully saturated rings. The van der Waals surface area contributed by atoms with Crippen LogP contribution in [0.1, 0.15) is 11.1 Å². The predicted octanol–water partition coefficient (Wildman–Crippen LogP) is 1.17. The van der Waals surface area contributed by atoms with Crippen molar-refractivity contribution in [1.82, 2.24) is 0 Å². The van der Waals surface area contributed by atoms with Crippen molar-refractivity contribution in [2.75, 3.05) is 12.4 Å². The van der Waals surface area contributed by atoms with Gasteiger partial charge in [-0.25, -0.2) is 0 Å². The molecule has 4 N–H and O–H groups in total. The van der Waals surface area contributed by atoms with Crippen LogP contribution in [-0.4, -0.2) is 28.5 Å². The molecule has 0 saturated carbocycles. The molecule has 5 heteroatoms. The second kappa shape index (κ2) is 5.63. The highest BCUT2D eigenvalue weighted by Gasteiger charge is 2.03. The molecular formula is C10H14N2O2S. The molecule has 82 valence electrons. The maximum absolute atomic E-state index is 8.71. The number of aryl methyl sites for hydroxylation is 1. The zero-order valence-electron chi connectivity index (χ0n) is 8.47. The van der Waals surface area contributed by atoms with Crippen LogP contribution in [0.15, 0.2) is 28.3 Å². The van der Waals surface area contributed by atoms with Gasteiger partial charge < -0.3 is 16.0 Å². The molecule has 1 aromatic rings. The lowest BCUT2D eigenvalue weighted by Gasteiger charge is -2.06. The van der Waals surface area contributed by atoms with Gasteiger partial charge in [-0.15, -0.1) is 11.8 Å². The van der Waals surface area contributed by atoms with Crippen molar-refractivity contribution >= 4 is 17.6 Å². The number of aliphatic hydroxyl groups excluding tert-OH is 1. The summed E-state index contributed by atoms with van der Waals surface area (Å²) in [7, 11) is 0. The number of rotatable bonds is 4. The summed E-state index contributed by atoms with van der Waals surface area (Å²) in [5, 5.41) is 20.2. The lowest BCUT2D eigenvalue weighted by Crippen LogP contribution is -2.13. The van der Waals surface area contributed by atoms with E-state index in [9.17, 15) is 0 Å². The Morgan fingerprint density at radius 3 is 2.80 bits per heavy atom. The van der Waals surface area contributed by atoms with Crippen LogP contribution in [0.5, 0.6) is 0 Å². The highest BCUT2D eigenvalue weighted by molar-refractivity contribution is 7.99. The summed E-state index contributed by atoms with van der Waals surface area (Å²) in [5.74, 6) is 0.779. The van der Waals surface area contributed by atoms with Gasteiger partial charge >= 0.3 is 0 Å². The average molecular weight is 226 g/mol. The summed E-state index contributed by atoms with van der Waals surface area (Å²) in [5.41, 5.74) is 7.22. The second-order valence-electron chi connectivity index (χ2n) is 3.04. The molecule has 0 bridgehead atoms. The lowest BCUT2D eigenvalue weighted by atomic mass is 10.1. The fraction of sp³-hybridized carbons (Fsp3) is 0.300. The Labute approximate surface area is 92.8 Å². The van der Waals surface area contributed by atoms with Gasteiger partial charge in [-0.05, 0) is 24.6 Å². The summed E-state index contributed by atoms with van der Waals surface area (Å²) in [6.45, 7) is 2.11. The zero-order valence-corrected chi connectivity index (χ0v) is 9.29. The molecule has 1 rings (SSSR count). The van der Waals surface area contributed by atoms with Gasteiger partial charge in [0.05, 0.1) is 6.61 Å². The first-order valence-electron chi connectivity index (χ1n) is 4.51. The van der Waals surface area contributed by atoms with E-state index in [0.29, 0.717) is 11.3 Å². The van der Waals surface area contributed by atoms with Gasteiger partial charge in [0, 0.05) is 16.2 Å². The molecule has 0 saturated heterocycles. The second-order valence-corrected chi connectivity index (χ2v) is 4.17. The summed E-state index contributed by atoms with van der Waals surface area (Å²) >= 11 is 1.58. The van der Waals surface area contributed by atoms with E-state index >= 15 is 0 Å². The number of hydrogen-bond donors (Lipinski definition) is 3. The smallest absolute Gasteiger partial charge is 0.170 e. The standard InChI is InChI=1S/C10H14N2O2S/c1-7-6-8(10(11)12-14)2-3-9(7)15-5-4-13/h2-3,6,13-14H,4-5H2,1H3,(H2,11,12). The van der Waals surface area contributed by atoms with Gasteiger partial charge in [-0.1, -0.05) is 11.2 Å². The van der Waals surface area contributed by atoms with E-state index in [1.165, 1.54) is 0 Å². The van der Waals surface area contributed by atoms with Crippen molar-refractivity contribution in [3.05, 3.63) is 29.3 Å². The third-order valence-electron chi connectivity index (χ3n) is 1.93. The Bertz CT molecular complexity index is 366. The minimum absolute atomic E-state index is 0.108. The molecule has 0 spiro atoms. The number of aliphatic hydroxyl groups is 1. The lowest BCUT2D eigenvalue weighted by molar-refractivity contribution is 0.318. The number of nitrogens with zero attached hydrogens (tertiary/aromatic N) is 1. The summed E-state index contributed by atoms with van der Waals surface area (Å²) < 4.78 is 0. The minimum Gasteiger partial charge on any atom is -0.409 e. The molecule has 0 aromatic heterocycles. The number of benzene rings is 1. The molecular weight excluding hydrogens is 212 g/mol. The van der Waals surface area contributed by atoms with E-state index in [0.717, 1.165) is 10.5 Å². The number of oxime groups is 1. The van der Waals surface area contributed by atoms with Gasteiger partial charge in [0.2, 0.25) is 0 Å². The summed E-state index contributed by atoms with van der Waals surface area (Å²) in [6, 6.07) is 5.56. The summed E-state index contributed by atoms with van der Waals surface area (Å²) in [6.07, 6.45) is 0. The third kappa shape index (κ3) is 3.14. The third-order valence-corrected chi connectivity index (χ3v) is 3.08. The van der Waals surface area contributed by atoms with E-state index < -0.39 is 0 Å². The number of nitrogens with two attached hydrogens (primary N) is 1. The molecule has 15 heavy (non-hydrogen) atoms. The normalized spacial score (nSPS) is 11.7. The summed E-state index contributed by atoms with van der Waals surface area (Å²) in [4.78, 5) is 1.10. The fourth-order valence-corrected chi connectivity index (χ4v) is 1.95.